The number of pyridine rings is 1. The summed E-state index contributed by atoms with van der Waals surface area (Å²) in [5.74, 6) is -0.150. The van der Waals surface area contributed by atoms with Crippen LogP contribution in [-0.4, -0.2) is 45.0 Å². The molecule has 1 fully saturated rings. The standard InChI is InChI=1S/C23H25N5O2/c1-2-16-4-3-5-19(14-16)25-22(29)18-8-12-28(13-9-18)23(30)21-15-20(26-27-21)17-6-10-24-11-7-17/h3-7,10-11,14-15,18H,2,8-9,12-13H2,1H3,(H,25,29)(H,26,27). The number of aromatic amines is 1. The number of hydrogen-bond donors (Lipinski definition) is 2. The summed E-state index contributed by atoms with van der Waals surface area (Å²) in [4.78, 5) is 31.2. The summed E-state index contributed by atoms with van der Waals surface area (Å²) in [5.41, 5.74) is 4.10. The lowest BCUT2D eigenvalue weighted by Crippen LogP contribution is -2.41. The van der Waals surface area contributed by atoms with E-state index in [2.05, 4.69) is 33.5 Å². The monoisotopic (exact) mass is 403 g/mol. The highest BCUT2D eigenvalue weighted by molar-refractivity contribution is 5.95. The summed E-state index contributed by atoms with van der Waals surface area (Å²) in [7, 11) is 0. The maximum absolute atomic E-state index is 12.8. The van der Waals surface area contributed by atoms with Crippen LogP contribution in [0.1, 0.15) is 35.8 Å². The zero-order chi connectivity index (χ0) is 20.9. The molecule has 154 valence electrons. The molecule has 1 aliphatic heterocycles. The average Bonchev–Trinajstić information content (AvgIpc) is 3.30. The van der Waals surface area contributed by atoms with Gasteiger partial charge in [-0.3, -0.25) is 19.7 Å². The van der Waals surface area contributed by atoms with Crippen molar-refractivity contribution in [2.75, 3.05) is 18.4 Å². The zero-order valence-electron chi connectivity index (χ0n) is 17.0. The second-order valence-corrected chi connectivity index (χ2v) is 7.51. The second kappa shape index (κ2) is 8.90. The molecule has 7 nitrogen and oxygen atoms in total. The van der Waals surface area contributed by atoms with Gasteiger partial charge in [-0.1, -0.05) is 19.1 Å². The fourth-order valence-corrected chi connectivity index (χ4v) is 3.73. The van der Waals surface area contributed by atoms with Crippen molar-refractivity contribution in [1.82, 2.24) is 20.1 Å². The predicted octanol–water partition coefficient (Wildman–Crippen LogP) is 3.53. The van der Waals surface area contributed by atoms with E-state index in [9.17, 15) is 9.59 Å². The minimum atomic E-state index is -0.0894. The van der Waals surface area contributed by atoms with Crippen LogP contribution in [0.5, 0.6) is 0 Å². The molecule has 30 heavy (non-hydrogen) atoms. The minimum absolute atomic E-state index is 0.0249. The van der Waals surface area contributed by atoms with Gasteiger partial charge in [0.05, 0.1) is 5.69 Å². The number of aromatic nitrogens is 3. The smallest absolute Gasteiger partial charge is 0.271 e. The van der Waals surface area contributed by atoms with E-state index >= 15 is 0 Å². The number of aryl methyl sites for hydroxylation is 1. The van der Waals surface area contributed by atoms with Crippen molar-refractivity contribution in [1.29, 1.82) is 0 Å². The Bertz CT molecular complexity index is 1020. The van der Waals surface area contributed by atoms with Gasteiger partial charge in [0.15, 0.2) is 0 Å². The van der Waals surface area contributed by atoms with E-state index in [0.29, 0.717) is 37.3 Å². The number of H-pyrrole nitrogens is 1. The molecular formula is C23H25N5O2. The number of nitrogens with one attached hydrogen (secondary N) is 2. The van der Waals surface area contributed by atoms with Gasteiger partial charge in [-0.15, -0.1) is 0 Å². The van der Waals surface area contributed by atoms with Crippen LogP contribution in [0.2, 0.25) is 0 Å². The second-order valence-electron chi connectivity index (χ2n) is 7.51. The van der Waals surface area contributed by atoms with Crippen LogP contribution in [-0.2, 0) is 11.2 Å². The first-order valence-electron chi connectivity index (χ1n) is 10.3. The molecule has 0 saturated carbocycles. The maximum Gasteiger partial charge on any atom is 0.271 e. The van der Waals surface area contributed by atoms with Crippen LogP contribution in [0.4, 0.5) is 5.69 Å². The normalized spacial score (nSPS) is 14.5. The van der Waals surface area contributed by atoms with E-state index in [0.717, 1.165) is 17.7 Å². The van der Waals surface area contributed by atoms with E-state index in [1.807, 2.05) is 30.3 Å². The van der Waals surface area contributed by atoms with Crippen LogP contribution in [0, 0.1) is 5.92 Å². The molecule has 0 unspecified atom stereocenters. The van der Waals surface area contributed by atoms with Gasteiger partial charge in [0.2, 0.25) is 5.91 Å². The van der Waals surface area contributed by atoms with Crippen molar-refractivity contribution < 1.29 is 9.59 Å². The predicted molar refractivity (Wildman–Crippen MR) is 115 cm³/mol. The summed E-state index contributed by atoms with van der Waals surface area (Å²) in [6.07, 6.45) is 5.62. The molecule has 3 heterocycles. The average molecular weight is 403 g/mol. The number of likely N-dealkylation sites (tertiary alicyclic amines) is 1. The van der Waals surface area contributed by atoms with Gasteiger partial charge >= 0.3 is 0 Å². The summed E-state index contributed by atoms with van der Waals surface area (Å²) in [6.45, 7) is 3.19. The van der Waals surface area contributed by atoms with E-state index < -0.39 is 0 Å². The van der Waals surface area contributed by atoms with Crippen molar-refractivity contribution in [3.63, 3.8) is 0 Å². The SMILES string of the molecule is CCc1cccc(NC(=O)C2CCN(C(=O)c3cc(-c4ccncc4)n[nH]3)CC2)c1. The zero-order valence-corrected chi connectivity index (χ0v) is 17.0. The number of amides is 2. The molecule has 1 aliphatic rings. The van der Waals surface area contributed by atoms with Gasteiger partial charge < -0.3 is 10.2 Å². The fourth-order valence-electron chi connectivity index (χ4n) is 3.73. The number of piperidine rings is 1. The third-order valence-electron chi connectivity index (χ3n) is 5.54. The molecule has 0 spiro atoms. The van der Waals surface area contributed by atoms with E-state index in [-0.39, 0.29) is 17.7 Å². The molecule has 4 rings (SSSR count). The number of anilines is 1. The highest BCUT2D eigenvalue weighted by atomic mass is 16.2. The lowest BCUT2D eigenvalue weighted by atomic mass is 9.95. The maximum atomic E-state index is 12.8. The highest BCUT2D eigenvalue weighted by Crippen LogP contribution is 2.23. The molecule has 3 aromatic rings. The molecular weight excluding hydrogens is 378 g/mol. The van der Waals surface area contributed by atoms with Crippen LogP contribution < -0.4 is 5.32 Å². The number of rotatable bonds is 5. The lowest BCUT2D eigenvalue weighted by molar-refractivity contribution is -0.121. The lowest BCUT2D eigenvalue weighted by Gasteiger charge is -2.31. The van der Waals surface area contributed by atoms with Gasteiger partial charge in [0, 0.05) is 42.7 Å². The van der Waals surface area contributed by atoms with Crippen LogP contribution in [0.3, 0.4) is 0 Å². The Hall–Kier alpha value is -3.48. The molecule has 2 amide bonds. The first kappa shape index (κ1) is 19.8. The molecule has 2 aromatic heterocycles. The van der Waals surface area contributed by atoms with Gasteiger partial charge in [-0.05, 0) is 55.2 Å². The third kappa shape index (κ3) is 4.40. The molecule has 0 radical (unpaired) electrons. The van der Waals surface area contributed by atoms with Crippen LogP contribution in [0.25, 0.3) is 11.3 Å². The summed E-state index contributed by atoms with van der Waals surface area (Å²) in [5, 5.41) is 10.1. The molecule has 0 atom stereocenters. The number of carbonyl (C=O) groups is 2. The van der Waals surface area contributed by atoms with Crippen molar-refractivity contribution in [3.05, 3.63) is 66.1 Å². The number of benzene rings is 1. The van der Waals surface area contributed by atoms with Crippen molar-refractivity contribution in [2.45, 2.75) is 26.2 Å². The first-order chi connectivity index (χ1) is 14.6. The van der Waals surface area contributed by atoms with Gasteiger partial charge in [0.25, 0.3) is 5.91 Å². The highest BCUT2D eigenvalue weighted by Gasteiger charge is 2.28. The van der Waals surface area contributed by atoms with Crippen molar-refractivity contribution in [3.8, 4) is 11.3 Å². The van der Waals surface area contributed by atoms with E-state index in [1.54, 1.807) is 23.4 Å². The van der Waals surface area contributed by atoms with Crippen LogP contribution >= 0.6 is 0 Å². The Morgan fingerprint density at radius 1 is 1.13 bits per heavy atom. The molecule has 0 bridgehead atoms. The Labute approximate surface area is 175 Å². The minimum Gasteiger partial charge on any atom is -0.337 e. The molecule has 1 aromatic carbocycles. The van der Waals surface area contributed by atoms with E-state index in [4.69, 9.17) is 0 Å². The van der Waals surface area contributed by atoms with Gasteiger partial charge in [0.1, 0.15) is 5.69 Å². The summed E-state index contributed by atoms with van der Waals surface area (Å²) < 4.78 is 0. The third-order valence-corrected chi connectivity index (χ3v) is 5.54. The summed E-state index contributed by atoms with van der Waals surface area (Å²) in [6, 6.07) is 13.4. The molecule has 1 saturated heterocycles. The van der Waals surface area contributed by atoms with Crippen LogP contribution in [0.15, 0.2) is 54.9 Å². The van der Waals surface area contributed by atoms with Gasteiger partial charge in [-0.2, -0.15) is 5.10 Å². The topological polar surface area (TPSA) is 91.0 Å². The Kier molecular flexibility index (Phi) is 5.88. The Morgan fingerprint density at radius 3 is 2.63 bits per heavy atom. The fraction of sp³-hybridized carbons (Fsp3) is 0.304. The first-order valence-corrected chi connectivity index (χ1v) is 10.3. The van der Waals surface area contributed by atoms with Crippen molar-refractivity contribution >= 4 is 17.5 Å². The Balaban J connectivity index is 1.33. The van der Waals surface area contributed by atoms with Gasteiger partial charge in [-0.25, -0.2) is 0 Å². The summed E-state index contributed by atoms with van der Waals surface area (Å²) >= 11 is 0. The number of hydrogen-bond acceptors (Lipinski definition) is 4. The number of nitrogens with zero attached hydrogens (tertiary/aromatic N) is 3. The van der Waals surface area contributed by atoms with Crippen molar-refractivity contribution in [2.24, 2.45) is 5.92 Å². The number of carbonyl (C=O) groups excluding carboxylic acids is 2. The quantitative estimate of drug-likeness (QED) is 0.682. The molecule has 7 heteroatoms. The van der Waals surface area contributed by atoms with E-state index in [1.165, 1.54) is 5.56 Å². The molecule has 2 N–H and O–H groups in total. The largest absolute Gasteiger partial charge is 0.337 e. The Morgan fingerprint density at radius 2 is 1.90 bits per heavy atom. The molecule has 0 aliphatic carbocycles.